The monoisotopic (exact) mass is 524 g/mol. The van der Waals surface area contributed by atoms with Crippen LogP contribution in [0.15, 0.2) is 60.7 Å². The lowest BCUT2D eigenvalue weighted by Crippen LogP contribution is -2.10. The molecule has 38 heavy (non-hydrogen) atoms. The summed E-state index contributed by atoms with van der Waals surface area (Å²) in [5, 5.41) is 0. The summed E-state index contributed by atoms with van der Waals surface area (Å²) in [5.41, 5.74) is 2.11. The lowest BCUT2D eigenvalue weighted by atomic mass is 10.0. The number of benzene rings is 3. The van der Waals surface area contributed by atoms with Gasteiger partial charge in [0.25, 0.3) is 0 Å². The van der Waals surface area contributed by atoms with Gasteiger partial charge in [0.15, 0.2) is 11.5 Å². The smallest absolute Gasteiger partial charge is 0.343 e. The standard InChI is InChI=1S/C32H38F2O4/c1-3-5-7-9-11-23-37-28-20-21-29(31(34)30(28)33)38-32(35)26-14-12-24(13-15-26)25-16-18-27(19-17-25)36-22-10-8-6-4-2/h12-21H,3-11,22-23H2,1-2H3. The molecular formula is C32H38F2O4. The highest BCUT2D eigenvalue weighted by Gasteiger charge is 2.19. The van der Waals surface area contributed by atoms with Gasteiger partial charge in [-0.1, -0.05) is 83.1 Å². The minimum Gasteiger partial charge on any atom is -0.494 e. The van der Waals surface area contributed by atoms with Crippen LogP contribution in [0.5, 0.6) is 17.2 Å². The summed E-state index contributed by atoms with van der Waals surface area (Å²) in [6, 6.07) is 17.0. The summed E-state index contributed by atoms with van der Waals surface area (Å²) in [6.07, 6.45) is 9.75. The molecule has 3 rings (SSSR count). The van der Waals surface area contributed by atoms with Crippen LogP contribution in [0.1, 0.15) is 82.0 Å². The largest absolute Gasteiger partial charge is 0.494 e. The van der Waals surface area contributed by atoms with Gasteiger partial charge in [0.2, 0.25) is 11.6 Å². The van der Waals surface area contributed by atoms with Crippen LogP contribution < -0.4 is 14.2 Å². The SMILES string of the molecule is CCCCCCCOc1ccc(OC(=O)c2ccc(-c3ccc(OCCCCCC)cc3)cc2)c(F)c1F. The zero-order valence-corrected chi connectivity index (χ0v) is 22.4. The van der Waals surface area contributed by atoms with Gasteiger partial charge < -0.3 is 14.2 Å². The zero-order chi connectivity index (χ0) is 27.2. The van der Waals surface area contributed by atoms with Crippen LogP contribution >= 0.6 is 0 Å². The van der Waals surface area contributed by atoms with E-state index < -0.39 is 23.4 Å². The Morgan fingerprint density at radius 3 is 1.74 bits per heavy atom. The minimum atomic E-state index is -1.24. The molecule has 0 amide bonds. The number of halogens is 2. The van der Waals surface area contributed by atoms with E-state index in [1.807, 2.05) is 24.3 Å². The highest BCUT2D eigenvalue weighted by Crippen LogP contribution is 2.29. The lowest BCUT2D eigenvalue weighted by Gasteiger charge is -2.11. The topological polar surface area (TPSA) is 44.8 Å². The minimum absolute atomic E-state index is 0.185. The maximum absolute atomic E-state index is 14.5. The highest BCUT2D eigenvalue weighted by atomic mass is 19.2. The van der Waals surface area contributed by atoms with E-state index in [9.17, 15) is 13.6 Å². The van der Waals surface area contributed by atoms with Crippen LogP contribution in [-0.4, -0.2) is 19.2 Å². The summed E-state index contributed by atoms with van der Waals surface area (Å²) in [6.45, 7) is 5.32. The first-order chi connectivity index (χ1) is 18.5. The van der Waals surface area contributed by atoms with E-state index in [-0.39, 0.29) is 11.3 Å². The van der Waals surface area contributed by atoms with E-state index in [2.05, 4.69) is 13.8 Å². The van der Waals surface area contributed by atoms with Crippen molar-refractivity contribution in [3.05, 3.63) is 77.9 Å². The van der Waals surface area contributed by atoms with Gasteiger partial charge in [0.05, 0.1) is 18.8 Å². The Kier molecular flexibility index (Phi) is 12.1. The third kappa shape index (κ3) is 8.86. The predicted molar refractivity (Wildman–Crippen MR) is 147 cm³/mol. The molecule has 0 unspecified atom stereocenters. The number of rotatable bonds is 16. The van der Waals surface area contributed by atoms with Crippen molar-refractivity contribution in [3.8, 4) is 28.4 Å². The van der Waals surface area contributed by atoms with E-state index in [0.29, 0.717) is 13.2 Å². The molecule has 0 aliphatic heterocycles. The molecular weight excluding hydrogens is 486 g/mol. The first-order valence-corrected chi connectivity index (χ1v) is 13.7. The van der Waals surface area contributed by atoms with Crippen LogP contribution in [0.4, 0.5) is 8.78 Å². The van der Waals surface area contributed by atoms with Crippen molar-refractivity contribution in [1.82, 2.24) is 0 Å². The lowest BCUT2D eigenvalue weighted by molar-refractivity contribution is 0.0726. The Morgan fingerprint density at radius 1 is 0.605 bits per heavy atom. The van der Waals surface area contributed by atoms with Crippen LogP contribution in [0.25, 0.3) is 11.1 Å². The number of hydrogen-bond donors (Lipinski definition) is 0. The molecule has 0 saturated heterocycles. The van der Waals surface area contributed by atoms with Gasteiger partial charge in [-0.2, -0.15) is 8.78 Å². The zero-order valence-electron chi connectivity index (χ0n) is 22.4. The molecule has 3 aromatic carbocycles. The van der Waals surface area contributed by atoms with E-state index in [0.717, 1.165) is 55.4 Å². The molecule has 0 aromatic heterocycles. The van der Waals surface area contributed by atoms with E-state index in [1.54, 1.807) is 24.3 Å². The Labute approximate surface area is 224 Å². The quantitative estimate of drug-likeness (QED) is 0.106. The maximum atomic E-state index is 14.5. The van der Waals surface area contributed by atoms with Gasteiger partial charge in [-0.3, -0.25) is 0 Å². The van der Waals surface area contributed by atoms with Gasteiger partial charge in [-0.05, 0) is 60.4 Å². The number of hydrogen-bond acceptors (Lipinski definition) is 4. The fourth-order valence-corrected chi connectivity index (χ4v) is 4.01. The fraction of sp³-hybridized carbons (Fsp3) is 0.406. The average Bonchev–Trinajstić information content (AvgIpc) is 2.94. The molecule has 204 valence electrons. The van der Waals surface area contributed by atoms with Crippen LogP contribution in [0, 0.1) is 11.6 Å². The van der Waals surface area contributed by atoms with Crippen molar-refractivity contribution in [2.75, 3.05) is 13.2 Å². The third-order valence-electron chi connectivity index (χ3n) is 6.29. The van der Waals surface area contributed by atoms with Crippen molar-refractivity contribution in [2.24, 2.45) is 0 Å². The summed E-state index contributed by atoms with van der Waals surface area (Å²) >= 11 is 0. The summed E-state index contributed by atoms with van der Waals surface area (Å²) in [7, 11) is 0. The molecule has 0 N–H and O–H groups in total. The predicted octanol–water partition coefficient (Wildman–Crippen LogP) is 9.16. The number of carbonyl (C=O) groups excluding carboxylic acids is 1. The molecule has 0 spiro atoms. The van der Waals surface area contributed by atoms with E-state index >= 15 is 0 Å². The second kappa shape index (κ2) is 15.8. The molecule has 0 fully saturated rings. The maximum Gasteiger partial charge on any atom is 0.343 e. The second-order valence-corrected chi connectivity index (χ2v) is 9.35. The first-order valence-electron chi connectivity index (χ1n) is 13.7. The van der Waals surface area contributed by atoms with Crippen LogP contribution in [-0.2, 0) is 0 Å². The molecule has 3 aromatic rings. The molecule has 0 bridgehead atoms. The Balaban J connectivity index is 1.53. The second-order valence-electron chi connectivity index (χ2n) is 9.35. The van der Waals surface area contributed by atoms with Crippen LogP contribution in [0.3, 0.4) is 0 Å². The van der Waals surface area contributed by atoms with Gasteiger partial charge in [-0.15, -0.1) is 0 Å². The number of esters is 1. The van der Waals surface area contributed by atoms with E-state index in [1.165, 1.54) is 31.4 Å². The van der Waals surface area contributed by atoms with Gasteiger partial charge in [0.1, 0.15) is 5.75 Å². The molecule has 0 aliphatic carbocycles. The molecule has 0 atom stereocenters. The molecule has 0 aliphatic rings. The van der Waals surface area contributed by atoms with Crippen molar-refractivity contribution in [1.29, 1.82) is 0 Å². The fourth-order valence-electron chi connectivity index (χ4n) is 4.01. The molecule has 0 radical (unpaired) electrons. The number of carbonyl (C=O) groups is 1. The molecule has 4 nitrogen and oxygen atoms in total. The first kappa shape index (κ1) is 29.2. The third-order valence-corrected chi connectivity index (χ3v) is 6.29. The van der Waals surface area contributed by atoms with Crippen molar-refractivity contribution >= 4 is 5.97 Å². The van der Waals surface area contributed by atoms with Gasteiger partial charge >= 0.3 is 5.97 Å². The van der Waals surface area contributed by atoms with Crippen molar-refractivity contribution in [2.45, 2.75) is 71.6 Å². The van der Waals surface area contributed by atoms with E-state index in [4.69, 9.17) is 14.2 Å². The summed E-state index contributed by atoms with van der Waals surface area (Å²) < 4.78 is 45.2. The summed E-state index contributed by atoms with van der Waals surface area (Å²) in [5.74, 6) is -3.01. The average molecular weight is 525 g/mol. The number of unbranched alkanes of at least 4 members (excludes halogenated alkanes) is 7. The Morgan fingerprint density at radius 2 is 1.11 bits per heavy atom. The number of ether oxygens (including phenoxy) is 3. The van der Waals surface area contributed by atoms with Crippen molar-refractivity contribution in [3.63, 3.8) is 0 Å². The van der Waals surface area contributed by atoms with Crippen molar-refractivity contribution < 1.29 is 27.8 Å². The Bertz CT molecular complexity index is 1130. The highest BCUT2D eigenvalue weighted by molar-refractivity contribution is 5.91. The van der Waals surface area contributed by atoms with Crippen LogP contribution in [0.2, 0.25) is 0 Å². The molecule has 6 heteroatoms. The van der Waals surface area contributed by atoms with Gasteiger partial charge in [-0.25, -0.2) is 4.79 Å². The molecule has 0 heterocycles. The van der Waals surface area contributed by atoms with Gasteiger partial charge in [0, 0.05) is 0 Å². The normalized spacial score (nSPS) is 10.8. The Hall–Kier alpha value is -3.41. The molecule has 0 saturated carbocycles. The summed E-state index contributed by atoms with van der Waals surface area (Å²) in [4.78, 5) is 12.6.